The number of hydrogen-bond acceptors (Lipinski definition) is 3. The molecule has 0 amide bonds. The second-order valence-electron chi connectivity index (χ2n) is 2.35. The van der Waals surface area contributed by atoms with Crippen LogP contribution in [0.5, 0.6) is 0 Å². The Bertz CT molecular complexity index is 304. The molecule has 2 rings (SSSR count). The number of carbonyl (C=O) groups excluding carboxylic acids is 1. The van der Waals surface area contributed by atoms with Crippen molar-refractivity contribution in [1.29, 1.82) is 0 Å². The van der Waals surface area contributed by atoms with Crippen molar-refractivity contribution < 1.29 is 4.79 Å². The van der Waals surface area contributed by atoms with Gasteiger partial charge in [-0.25, -0.2) is 4.99 Å². The molecule has 56 valence electrons. The van der Waals surface area contributed by atoms with E-state index in [1.54, 1.807) is 12.3 Å². The molecule has 4 heteroatoms. The van der Waals surface area contributed by atoms with Crippen molar-refractivity contribution in [3.8, 4) is 0 Å². The minimum absolute atomic E-state index is 0.0127. The lowest BCUT2D eigenvalue weighted by atomic mass is 10.0. The van der Waals surface area contributed by atoms with Crippen LogP contribution in [-0.2, 0) is 4.79 Å². The number of fused-ring (bicyclic) bond motifs is 1. The molecule has 0 saturated carbocycles. The maximum atomic E-state index is 11.2. The highest BCUT2D eigenvalue weighted by Crippen LogP contribution is 2.17. The Morgan fingerprint density at radius 1 is 1.64 bits per heavy atom. The quantitative estimate of drug-likeness (QED) is 0.543. The molecular formula is C7H5ClN2O. The molecular weight excluding hydrogens is 164 g/mol. The van der Waals surface area contributed by atoms with Crippen LogP contribution in [0, 0.1) is 5.92 Å². The lowest BCUT2D eigenvalue weighted by molar-refractivity contribution is -0.115. The van der Waals surface area contributed by atoms with Gasteiger partial charge in [0.1, 0.15) is 11.0 Å². The third-order valence-electron chi connectivity index (χ3n) is 1.61. The van der Waals surface area contributed by atoms with Crippen LogP contribution in [0.25, 0.3) is 0 Å². The van der Waals surface area contributed by atoms with Crippen molar-refractivity contribution in [3.63, 3.8) is 0 Å². The highest BCUT2D eigenvalue weighted by Gasteiger charge is 2.27. The number of nitrogens with one attached hydrogen (secondary N) is 1. The summed E-state index contributed by atoms with van der Waals surface area (Å²) in [6.45, 7) is 0. The van der Waals surface area contributed by atoms with E-state index in [1.807, 2.05) is 0 Å². The Labute approximate surface area is 68.4 Å². The van der Waals surface area contributed by atoms with Crippen LogP contribution in [0.4, 0.5) is 0 Å². The van der Waals surface area contributed by atoms with Gasteiger partial charge in [-0.05, 0) is 6.08 Å². The van der Waals surface area contributed by atoms with Gasteiger partial charge in [-0.3, -0.25) is 4.79 Å². The number of carbonyl (C=O) groups is 1. The van der Waals surface area contributed by atoms with Crippen molar-refractivity contribution >= 4 is 23.2 Å². The van der Waals surface area contributed by atoms with E-state index in [0.717, 1.165) is 0 Å². The first kappa shape index (κ1) is 6.61. The molecule has 2 aliphatic heterocycles. The molecule has 1 unspecified atom stereocenters. The van der Waals surface area contributed by atoms with Crippen LogP contribution in [0.2, 0.25) is 0 Å². The molecule has 0 saturated heterocycles. The second-order valence-corrected chi connectivity index (χ2v) is 2.76. The summed E-state index contributed by atoms with van der Waals surface area (Å²) in [5, 5.41) is 3.14. The van der Waals surface area contributed by atoms with Gasteiger partial charge in [0.15, 0.2) is 5.78 Å². The van der Waals surface area contributed by atoms with Crippen LogP contribution >= 0.6 is 11.6 Å². The maximum absolute atomic E-state index is 11.2. The van der Waals surface area contributed by atoms with Gasteiger partial charge < -0.3 is 5.32 Å². The molecule has 0 aliphatic carbocycles. The van der Waals surface area contributed by atoms with Gasteiger partial charge in [-0.2, -0.15) is 0 Å². The maximum Gasteiger partial charge on any atom is 0.173 e. The zero-order valence-corrected chi connectivity index (χ0v) is 6.30. The normalized spacial score (nSPS) is 27.4. The molecule has 2 heterocycles. The van der Waals surface area contributed by atoms with E-state index in [9.17, 15) is 4.79 Å². The topological polar surface area (TPSA) is 41.5 Å². The monoisotopic (exact) mass is 168 g/mol. The van der Waals surface area contributed by atoms with Crippen molar-refractivity contribution in [2.45, 2.75) is 0 Å². The van der Waals surface area contributed by atoms with Gasteiger partial charge in [0, 0.05) is 12.3 Å². The van der Waals surface area contributed by atoms with Gasteiger partial charge in [-0.1, -0.05) is 11.6 Å². The predicted molar refractivity (Wildman–Crippen MR) is 42.1 cm³/mol. The van der Waals surface area contributed by atoms with Crippen LogP contribution < -0.4 is 5.32 Å². The van der Waals surface area contributed by atoms with E-state index in [4.69, 9.17) is 11.6 Å². The summed E-state index contributed by atoms with van der Waals surface area (Å²) in [4.78, 5) is 15.1. The van der Waals surface area contributed by atoms with Crippen LogP contribution in [-0.4, -0.2) is 11.6 Å². The largest absolute Gasteiger partial charge is 0.333 e. The third kappa shape index (κ3) is 0.973. The van der Waals surface area contributed by atoms with Gasteiger partial charge in [0.25, 0.3) is 0 Å². The molecule has 0 aromatic heterocycles. The first-order chi connectivity index (χ1) is 5.27. The van der Waals surface area contributed by atoms with Gasteiger partial charge >= 0.3 is 0 Å². The summed E-state index contributed by atoms with van der Waals surface area (Å²) in [5.41, 5.74) is 0. The van der Waals surface area contributed by atoms with Crippen LogP contribution in [0.15, 0.2) is 28.5 Å². The summed E-state index contributed by atoms with van der Waals surface area (Å²) >= 11 is 5.60. The van der Waals surface area contributed by atoms with E-state index < -0.39 is 0 Å². The molecule has 0 spiro atoms. The highest BCUT2D eigenvalue weighted by molar-refractivity contribution is 6.34. The summed E-state index contributed by atoms with van der Waals surface area (Å²) < 4.78 is 0. The molecule has 3 nitrogen and oxygen atoms in total. The number of hydrogen-bond donors (Lipinski definition) is 1. The minimum atomic E-state index is -0.225. The van der Waals surface area contributed by atoms with Crippen molar-refractivity contribution in [2.75, 3.05) is 0 Å². The number of allylic oxidation sites excluding steroid dienone is 1. The molecule has 0 fully saturated rings. The summed E-state index contributed by atoms with van der Waals surface area (Å²) in [6, 6.07) is 0. The lowest BCUT2D eigenvalue weighted by Crippen LogP contribution is -2.35. The molecule has 1 N–H and O–H groups in total. The molecule has 2 aliphatic rings. The zero-order valence-electron chi connectivity index (χ0n) is 5.54. The van der Waals surface area contributed by atoms with E-state index in [-0.39, 0.29) is 11.7 Å². The first-order valence-corrected chi connectivity index (χ1v) is 3.57. The van der Waals surface area contributed by atoms with E-state index >= 15 is 0 Å². The van der Waals surface area contributed by atoms with E-state index in [2.05, 4.69) is 10.3 Å². The number of halogens is 1. The fourth-order valence-electron chi connectivity index (χ4n) is 1.09. The first-order valence-electron chi connectivity index (χ1n) is 3.20. The number of ketones is 1. The summed E-state index contributed by atoms with van der Waals surface area (Å²) in [6.07, 6.45) is 4.72. The number of rotatable bonds is 0. The third-order valence-corrected chi connectivity index (χ3v) is 1.81. The average molecular weight is 169 g/mol. The Hall–Kier alpha value is -1.09. The molecule has 11 heavy (non-hydrogen) atoms. The minimum Gasteiger partial charge on any atom is -0.333 e. The van der Waals surface area contributed by atoms with Gasteiger partial charge in [0.05, 0.1) is 5.92 Å². The Morgan fingerprint density at radius 2 is 2.45 bits per heavy atom. The predicted octanol–water partition coefficient (Wildman–Crippen LogP) is 0.781. The standard InChI is InChI=1S/C7H5ClN2O/c8-6-3-5(11)4-1-2-9-7(4)10-6/h1-4H,(H,9,10). The molecule has 1 atom stereocenters. The SMILES string of the molecule is O=C1C=C(Cl)NC2=NC=CC12. The smallest absolute Gasteiger partial charge is 0.173 e. The fourth-order valence-corrected chi connectivity index (χ4v) is 1.30. The molecule has 0 aromatic rings. The molecule has 0 bridgehead atoms. The zero-order chi connectivity index (χ0) is 7.84. The average Bonchev–Trinajstić information content (AvgIpc) is 2.34. The fraction of sp³-hybridized carbons (Fsp3) is 0.143. The Morgan fingerprint density at radius 3 is 3.27 bits per heavy atom. The second kappa shape index (κ2) is 2.20. The van der Waals surface area contributed by atoms with Crippen molar-refractivity contribution in [3.05, 3.63) is 23.5 Å². The summed E-state index contributed by atoms with van der Waals surface area (Å²) in [5.74, 6) is 0.390. The number of nitrogens with zero attached hydrogens (tertiary/aromatic N) is 1. The molecule has 0 radical (unpaired) electrons. The van der Waals surface area contributed by atoms with Crippen LogP contribution in [0.1, 0.15) is 0 Å². The van der Waals surface area contributed by atoms with Gasteiger partial charge in [-0.15, -0.1) is 0 Å². The lowest BCUT2D eigenvalue weighted by Gasteiger charge is -2.15. The Kier molecular flexibility index (Phi) is 1.32. The Balaban J connectivity index is 2.39. The number of aliphatic imine (C=N–C) groups is 1. The molecule has 0 aromatic carbocycles. The summed E-state index contributed by atoms with van der Waals surface area (Å²) in [7, 11) is 0. The van der Waals surface area contributed by atoms with E-state index in [1.165, 1.54) is 6.08 Å². The highest BCUT2D eigenvalue weighted by atomic mass is 35.5. The number of amidine groups is 1. The van der Waals surface area contributed by atoms with E-state index in [0.29, 0.717) is 11.0 Å². The van der Waals surface area contributed by atoms with Crippen molar-refractivity contribution in [1.82, 2.24) is 5.32 Å². The van der Waals surface area contributed by atoms with Gasteiger partial charge in [0.2, 0.25) is 0 Å². The van der Waals surface area contributed by atoms with Crippen molar-refractivity contribution in [2.24, 2.45) is 10.9 Å². The van der Waals surface area contributed by atoms with Crippen LogP contribution in [0.3, 0.4) is 0 Å².